The lowest BCUT2D eigenvalue weighted by Crippen LogP contribution is -2.31. The zero-order valence-corrected chi connectivity index (χ0v) is 12.1. The molecular weight excluding hydrogens is 260 g/mol. The van der Waals surface area contributed by atoms with Crippen molar-refractivity contribution in [3.63, 3.8) is 0 Å². The van der Waals surface area contributed by atoms with Gasteiger partial charge in [-0.2, -0.15) is 5.26 Å². The number of benzene rings is 1. The van der Waals surface area contributed by atoms with Gasteiger partial charge in [0.15, 0.2) is 11.5 Å². The summed E-state index contributed by atoms with van der Waals surface area (Å²) in [6.45, 7) is 2.26. The van der Waals surface area contributed by atoms with Crippen LogP contribution in [0.2, 0.25) is 0 Å². The topological polar surface area (TPSA) is 71.8 Å². The van der Waals surface area contributed by atoms with Crippen LogP contribution in [-0.4, -0.2) is 45.2 Å². The fourth-order valence-corrected chi connectivity index (χ4v) is 1.85. The standard InChI is InChI=1S/C14H18N2O4/c1-5-16(9-8-15)14(17)10-6-7-11(18-2)13(20-4)12(10)19-3/h6-7H,5,9H2,1-4H3. The summed E-state index contributed by atoms with van der Waals surface area (Å²) in [7, 11) is 4.43. The molecule has 0 N–H and O–H groups in total. The molecule has 0 radical (unpaired) electrons. The minimum absolute atomic E-state index is 0.0207. The second-order valence-corrected chi connectivity index (χ2v) is 3.86. The van der Waals surface area contributed by atoms with Crippen LogP contribution in [0, 0.1) is 11.3 Å². The van der Waals surface area contributed by atoms with Crippen molar-refractivity contribution in [1.82, 2.24) is 4.90 Å². The molecule has 0 spiro atoms. The number of rotatable bonds is 6. The molecule has 0 aliphatic carbocycles. The Hall–Kier alpha value is -2.42. The highest BCUT2D eigenvalue weighted by molar-refractivity contribution is 5.98. The summed E-state index contributed by atoms with van der Waals surface area (Å²) in [5.41, 5.74) is 0.335. The molecule has 6 nitrogen and oxygen atoms in total. The SMILES string of the molecule is CCN(CC#N)C(=O)c1ccc(OC)c(OC)c1OC. The summed E-state index contributed by atoms with van der Waals surface area (Å²) in [5, 5.41) is 8.75. The lowest BCUT2D eigenvalue weighted by Gasteiger charge is -2.20. The number of carbonyl (C=O) groups excluding carboxylic acids is 1. The molecule has 1 aromatic carbocycles. The zero-order valence-electron chi connectivity index (χ0n) is 12.1. The predicted molar refractivity (Wildman–Crippen MR) is 73.3 cm³/mol. The molecule has 20 heavy (non-hydrogen) atoms. The van der Waals surface area contributed by atoms with Gasteiger partial charge in [-0.15, -0.1) is 0 Å². The minimum atomic E-state index is -0.285. The lowest BCUT2D eigenvalue weighted by molar-refractivity contribution is 0.0780. The fourth-order valence-electron chi connectivity index (χ4n) is 1.85. The van der Waals surface area contributed by atoms with Crippen LogP contribution in [0.25, 0.3) is 0 Å². The van der Waals surface area contributed by atoms with Gasteiger partial charge in [0.2, 0.25) is 5.75 Å². The molecule has 0 saturated heterocycles. The highest BCUT2D eigenvalue weighted by atomic mass is 16.5. The molecule has 0 fully saturated rings. The summed E-state index contributed by atoms with van der Waals surface area (Å²) >= 11 is 0. The van der Waals surface area contributed by atoms with Gasteiger partial charge in [0.25, 0.3) is 5.91 Å². The van der Waals surface area contributed by atoms with Crippen molar-refractivity contribution in [2.75, 3.05) is 34.4 Å². The Labute approximate surface area is 118 Å². The van der Waals surface area contributed by atoms with Gasteiger partial charge < -0.3 is 19.1 Å². The van der Waals surface area contributed by atoms with Crippen LogP contribution in [0.15, 0.2) is 12.1 Å². The van der Waals surface area contributed by atoms with Crippen molar-refractivity contribution in [1.29, 1.82) is 5.26 Å². The van der Waals surface area contributed by atoms with E-state index >= 15 is 0 Å². The molecule has 0 saturated carbocycles. The summed E-state index contributed by atoms with van der Waals surface area (Å²) in [6, 6.07) is 5.20. The summed E-state index contributed by atoms with van der Waals surface area (Å²) in [6.07, 6.45) is 0. The molecular formula is C14H18N2O4. The summed E-state index contributed by atoms with van der Waals surface area (Å²) in [5.74, 6) is 0.846. The number of methoxy groups -OCH3 is 3. The number of nitrogens with zero attached hydrogens (tertiary/aromatic N) is 2. The lowest BCUT2D eigenvalue weighted by atomic mass is 10.1. The maximum atomic E-state index is 12.4. The molecule has 0 aromatic heterocycles. The molecule has 1 rings (SSSR count). The van der Waals surface area contributed by atoms with Gasteiger partial charge in [-0.25, -0.2) is 0 Å². The van der Waals surface area contributed by atoms with E-state index in [9.17, 15) is 4.79 Å². The van der Waals surface area contributed by atoms with E-state index in [1.54, 1.807) is 12.1 Å². The van der Waals surface area contributed by atoms with E-state index in [4.69, 9.17) is 19.5 Å². The minimum Gasteiger partial charge on any atom is -0.493 e. The van der Waals surface area contributed by atoms with E-state index in [-0.39, 0.29) is 12.5 Å². The van der Waals surface area contributed by atoms with Gasteiger partial charge in [0.1, 0.15) is 6.54 Å². The average Bonchev–Trinajstić information content (AvgIpc) is 2.49. The van der Waals surface area contributed by atoms with Crippen LogP contribution in [-0.2, 0) is 0 Å². The summed E-state index contributed by atoms with van der Waals surface area (Å²) < 4.78 is 15.7. The van der Waals surface area contributed by atoms with E-state index in [2.05, 4.69) is 0 Å². The van der Waals surface area contributed by atoms with Gasteiger partial charge >= 0.3 is 0 Å². The Morgan fingerprint density at radius 2 is 1.85 bits per heavy atom. The second kappa shape index (κ2) is 7.24. The third-order valence-electron chi connectivity index (χ3n) is 2.87. The first-order valence-electron chi connectivity index (χ1n) is 6.09. The smallest absolute Gasteiger partial charge is 0.258 e. The first-order chi connectivity index (χ1) is 9.64. The first kappa shape index (κ1) is 15.6. The van der Waals surface area contributed by atoms with Crippen LogP contribution in [0.4, 0.5) is 0 Å². The van der Waals surface area contributed by atoms with Gasteiger partial charge in [0.05, 0.1) is 33.0 Å². The quantitative estimate of drug-likeness (QED) is 0.741. The Morgan fingerprint density at radius 3 is 2.30 bits per heavy atom. The third kappa shape index (κ3) is 2.94. The highest BCUT2D eigenvalue weighted by Crippen LogP contribution is 2.40. The normalized spacial score (nSPS) is 9.55. The van der Waals surface area contributed by atoms with E-state index in [0.717, 1.165) is 0 Å². The molecule has 0 unspecified atom stereocenters. The van der Waals surface area contributed by atoms with Crippen molar-refractivity contribution in [2.45, 2.75) is 6.92 Å². The maximum Gasteiger partial charge on any atom is 0.258 e. The van der Waals surface area contributed by atoms with Crippen LogP contribution < -0.4 is 14.2 Å². The highest BCUT2D eigenvalue weighted by Gasteiger charge is 2.23. The van der Waals surface area contributed by atoms with Crippen molar-refractivity contribution in [2.24, 2.45) is 0 Å². The van der Waals surface area contributed by atoms with Crippen LogP contribution in [0.1, 0.15) is 17.3 Å². The van der Waals surface area contributed by atoms with Crippen LogP contribution in [0.3, 0.4) is 0 Å². The van der Waals surface area contributed by atoms with Gasteiger partial charge in [-0.05, 0) is 19.1 Å². The Balaban J connectivity index is 3.31. The second-order valence-electron chi connectivity index (χ2n) is 3.86. The number of ether oxygens (including phenoxy) is 3. The number of hydrogen-bond acceptors (Lipinski definition) is 5. The monoisotopic (exact) mass is 278 g/mol. The van der Waals surface area contributed by atoms with Gasteiger partial charge in [0, 0.05) is 6.54 Å². The molecule has 0 aliphatic rings. The van der Waals surface area contributed by atoms with Crippen molar-refractivity contribution >= 4 is 5.91 Å². The number of nitriles is 1. The van der Waals surface area contributed by atoms with Crippen molar-refractivity contribution in [3.8, 4) is 23.3 Å². The number of amides is 1. The molecule has 1 amide bonds. The molecule has 0 bridgehead atoms. The zero-order chi connectivity index (χ0) is 15.1. The molecule has 1 aromatic rings. The van der Waals surface area contributed by atoms with Crippen LogP contribution in [0.5, 0.6) is 17.2 Å². The fraction of sp³-hybridized carbons (Fsp3) is 0.429. The van der Waals surface area contributed by atoms with Gasteiger partial charge in [-0.1, -0.05) is 0 Å². The van der Waals surface area contributed by atoms with Gasteiger partial charge in [-0.3, -0.25) is 4.79 Å². The predicted octanol–water partition coefficient (Wildman–Crippen LogP) is 1.70. The Morgan fingerprint density at radius 1 is 1.20 bits per heavy atom. The summed E-state index contributed by atoms with van der Waals surface area (Å²) in [4.78, 5) is 13.8. The van der Waals surface area contributed by atoms with E-state index in [0.29, 0.717) is 29.4 Å². The third-order valence-corrected chi connectivity index (χ3v) is 2.87. The largest absolute Gasteiger partial charge is 0.493 e. The molecule has 0 heterocycles. The maximum absolute atomic E-state index is 12.4. The first-order valence-corrected chi connectivity index (χ1v) is 6.09. The number of hydrogen-bond donors (Lipinski definition) is 0. The Bertz CT molecular complexity index is 523. The number of carbonyl (C=O) groups is 1. The van der Waals surface area contributed by atoms with Crippen molar-refractivity contribution in [3.05, 3.63) is 17.7 Å². The molecule has 108 valence electrons. The van der Waals surface area contributed by atoms with E-state index in [1.165, 1.54) is 26.2 Å². The molecule has 0 atom stereocenters. The van der Waals surface area contributed by atoms with E-state index in [1.807, 2.05) is 13.0 Å². The Kier molecular flexibility index (Phi) is 5.66. The van der Waals surface area contributed by atoms with Crippen LogP contribution >= 0.6 is 0 Å². The average molecular weight is 278 g/mol. The molecule has 0 aliphatic heterocycles. The molecule has 6 heteroatoms. The van der Waals surface area contributed by atoms with E-state index < -0.39 is 0 Å². The van der Waals surface area contributed by atoms with Crippen molar-refractivity contribution < 1.29 is 19.0 Å².